The molecule has 2 fully saturated rings. The molecule has 2 amide bonds. The van der Waals surface area contributed by atoms with E-state index in [1.54, 1.807) is 39.0 Å². The second-order valence-electron chi connectivity index (χ2n) is 9.49. The number of amides is 2. The van der Waals surface area contributed by atoms with Crippen LogP contribution in [0.4, 0.5) is 10.5 Å². The number of nitrogens with zero attached hydrogens (tertiary/aromatic N) is 2. The number of rotatable bonds is 7. The summed E-state index contributed by atoms with van der Waals surface area (Å²) in [6.07, 6.45) is -0.754. The molecule has 8 nitrogen and oxygen atoms in total. The number of hydrogen-bond donors (Lipinski definition) is 1. The molecule has 1 aliphatic carbocycles. The summed E-state index contributed by atoms with van der Waals surface area (Å²) in [6.45, 7) is 5.15. The number of nitro benzene ring substituents is 1. The van der Waals surface area contributed by atoms with Crippen LogP contribution in [0.3, 0.4) is 0 Å². The van der Waals surface area contributed by atoms with Crippen LogP contribution in [0.1, 0.15) is 44.2 Å². The average Bonchev–Trinajstić information content (AvgIpc) is 3.54. The Morgan fingerprint density at radius 1 is 1.21 bits per heavy atom. The molecule has 1 saturated carbocycles. The summed E-state index contributed by atoms with van der Waals surface area (Å²) < 4.78 is 5.52. The lowest BCUT2D eigenvalue weighted by atomic mass is 9.90. The molecule has 1 aliphatic heterocycles. The lowest BCUT2D eigenvalue weighted by molar-refractivity contribution is -0.385. The quantitative estimate of drug-likeness (QED) is 0.501. The Kier molecular flexibility index (Phi) is 5.97. The molecule has 1 N–H and O–H groups in total. The maximum Gasteiger partial charge on any atom is 0.417 e. The SMILES string of the molecule is C[C@H](C(=O)N1C(=O)OC(C)(C)[C@@H]1Cc1ccccc1)[C@H](O)[C@H]1C[C@@H]1c1ccccc1[N+](=O)[O-]. The van der Waals surface area contributed by atoms with Crippen LogP contribution in [-0.2, 0) is 16.0 Å². The number of carbonyl (C=O) groups is 2. The van der Waals surface area contributed by atoms with Crippen molar-refractivity contribution in [3.63, 3.8) is 0 Å². The number of hydrogen-bond acceptors (Lipinski definition) is 6. The number of carbonyl (C=O) groups excluding carboxylic acids is 2. The van der Waals surface area contributed by atoms with E-state index < -0.39 is 40.6 Å². The third kappa shape index (κ3) is 4.35. The third-order valence-corrected chi connectivity index (χ3v) is 6.88. The maximum absolute atomic E-state index is 13.4. The van der Waals surface area contributed by atoms with Gasteiger partial charge in [0.05, 0.1) is 23.0 Å². The van der Waals surface area contributed by atoms with Crippen LogP contribution in [0.15, 0.2) is 54.6 Å². The molecule has 2 aliphatic rings. The van der Waals surface area contributed by atoms with Gasteiger partial charge in [0.25, 0.3) is 5.69 Å². The summed E-state index contributed by atoms with van der Waals surface area (Å²) in [6, 6.07) is 15.5. The second kappa shape index (κ2) is 8.59. The molecule has 2 aromatic rings. The fraction of sp³-hybridized carbons (Fsp3) is 0.440. The highest BCUT2D eigenvalue weighted by Crippen LogP contribution is 2.53. The Morgan fingerprint density at radius 3 is 2.52 bits per heavy atom. The van der Waals surface area contributed by atoms with E-state index >= 15 is 0 Å². The van der Waals surface area contributed by atoms with E-state index in [-0.39, 0.29) is 17.5 Å². The van der Waals surface area contributed by atoms with Crippen molar-refractivity contribution in [2.75, 3.05) is 0 Å². The van der Waals surface area contributed by atoms with E-state index in [2.05, 4.69) is 0 Å². The maximum atomic E-state index is 13.4. The fourth-order valence-corrected chi connectivity index (χ4v) is 4.85. The van der Waals surface area contributed by atoms with Gasteiger partial charge in [-0.3, -0.25) is 14.9 Å². The Labute approximate surface area is 192 Å². The molecule has 0 aromatic heterocycles. The monoisotopic (exact) mass is 452 g/mol. The highest BCUT2D eigenvalue weighted by molar-refractivity contribution is 5.95. The highest BCUT2D eigenvalue weighted by atomic mass is 16.6. The number of aliphatic hydroxyl groups excluding tert-OH is 1. The predicted octanol–water partition coefficient (Wildman–Crippen LogP) is 4.06. The van der Waals surface area contributed by atoms with Gasteiger partial charge < -0.3 is 9.84 Å². The lowest BCUT2D eigenvalue weighted by Crippen LogP contribution is -2.49. The number of nitro groups is 1. The average molecular weight is 453 g/mol. The van der Waals surface area contributed by atoms with Crippen LogP contribution in [-0.4, -0.2) is 44.7 Å². The minimum atomic E-state index is -1.03. The number of aliphatic hydroxyl groups is 1. The Bertz CT molecular complexity index is 1070. The largest absolute Gasteiger partial charge is 0.441 e. The summed E-state index contributed by atoms with van der Waals surface area (Å²) in [5, 5.41) is 22.3. The summed E-state index contributed by atoms with van der Waals surface area (Å²) >= 11 is 0. The molecule has 8 heteroatoms. The molecule has 4 rings (SSSR count). The molecule has 1 heterocycles. The molecule has 0 spiro atoms. The van der Waals surface area contributed by atoms with Crippen molar-refractivity contribution in [2.24, 2.45) is 11.8 Å². The van der Waals surface area contributed by atoms with Gasteiger partial charge in [-0.1, -0.05) is 55.5 Å². The lowest BCUT2D eigenvalue weighted by Gasteiger charge is -2.30. The fourth-order valence-electron chi connectivity index (χ4n) is 4.85. The second-order valence-corrected chi connectivity index (χ2v) is 9.49. The Morgan fingerprint density at radius 2 is 1.85 bits per heavy atom. The van der Waals surface area contributed by atoms with Gasteiger partial charge in [0.1, 0.15) is 5.60 Å². The summed E-state index contributed by atoms with van der Waals surface area (Å²) in [5.41, 5.74) is 0.678. The molecule has 0 unspecified atom stereocenters. The topological polar surface area (TPSA) is 110 Å². The van der Waals surface area contributed by atoms with Crippen LogP contribution in [0.25, 0.3) is 0 Å². The highest BCUT2D eigenvalue weighted by Gasteiger charge is 2.54. The molecule has 1 saturated heterocycles. The van der Waals surface area contributed by atoms with Gasteiger partial charge >= 0.3 is 6.09 Å². The first-order valence-electron chi connectivity index (χ1n) is 11.1. The van der Waals surface area contributed by atoms with Crippen LogP contribution < -0.4 is 0 Å². The predicted molar refractivity (Wildman–Crippen MR) is 120 cm³/mol. The van der Waals surface area contributed by atoms with E-state index in [9.17, 15) is 24.8 Å². The van der Waals surface area contributed by atoms with Crippen molar-refractivity contribution in [3.8, 4) is 0 Å². The van der Waals surface area contributed by atoms with Gasteiger partial charge in [0.2, 0.25) is 5.91 Å². The van der Waals surface area contributed by atoms with Crippen molar-refractivity contribution in [1.82, 2.24) is 4.90 Å². The van der Waals surface area contributed by atoms with Crippen molar-refractivity contribution in [3.05, 3.63) is 75.8 Å². The van der Waals surface area contributed by atoms with Crippen LogP contribution in [0, 0.1) is 22.0 Å². The molecule has 5 atom stereocenters. The Balaban J connectivity index is 1.51. The number of benzene rings is 2. The normalized spacial score (nSPS) is 25.3. The number of para-hydroxylation sites is 1. The smallest absolute Gasteiger partial charge is 0.417 e. The molecular formula is C25H28N2O6. The first-order valence-corrected chi connectivity index (χ1v) is 11.1. The first-order chi connectivity index (χ1) is 15.6. The zero-order chi connectivity index (χ0) is 23.9. The van der Waals surface area contributed by atoms with E-state index in [1.807, 2.05) is 30.3 Å². The zero-order valence-electron chi connectivity index (χ0n) is 18.9. The van der Waals surface area contributed by atoms with E-state index in [4.69, 9.17) is 4.74 Å². The van der Waals surface area contributed by atoms with E-state index in [0.29, 0.717) is 18.4 Å². The molecule has 174 valence electrons. The molecule has 2 aromatic carbocycles. The van der Waals surface area contributed by atoms with Gasteiger partial charge in [0, 0.05) is 11.6 Å². The van der Waals surface area contributed by atoms with Gasteiger partial charge in [-0.05, 0) is 44.1 Å². The zero-order valence-corrected chi connectivity index (χ0v) is 18.9. The Hall–Kier alpha value is -3.26. The van der Waals surface area contributed by atoms with Gasteiger partial charge in [0.15, 0.2) is 0 Å². The number of imide groups is 1. The molecule has 0 bridgehead atoms. The minimum absolute atomic E-state index is 0.0176. The van der Waals surface area contributed by atoms with Gasteiger partial charge in [-0.2, -0.15) is 0 Å². The molecular weight excluding hydrogens is 424 g/mol. The molecule has 33 heavy (non-hydrogen) atoms. The van der Waals surface area contributed by atoms with Gasteiger partial charge in [-0.25, -0.2) is 9.69 Å². The van der Waals surface area contributed by atoms with Crippen molar-refractivity contribution < 1.29 is 24.4 Å². The molecule has 0 radical (unpaired) electrons. The van der Waals surface area contributed by atoms with Crippen molar-refractivity contribution >= 4 is 17.7 Å². The van der Waals surface area contributed by atoms with Gasteiger partial charge in [-0.15, -0.1) is 0 Å². The van der Waals surface area contributed by atoms with Crippen LogP contribution in [0.2, 0.25) is 0 Å². The summed E-state index contributed by atoms with van der Waals surface area (Å²) in [4.78, 5) is 38.1. The third-order valence-electron chi connectivity index (χ3n) is 6.88. The van der Waals surface area contributed by atoms with Crippen molar-refractivity contribution in [1.29, 1.82) is 0 Å². The number of cyclic esters (lactones) is 1. The summed E-state index contributed by atoms with van der Waals surface area (Å²) in [7, 11) is 0. The van der Waals surface area contributed by atoms with Crippen LogP contribution in [0.5, 0.6) is 0 Å². The van der Waals surface area contributed by atoms with E-state index in [0.717, 1.165) is 10.5 Å². The number of ether oxygens (including phenoxy) is 1. The van der Waals surface area contributed by atoms with Crippen LogP contribution >= 0.6 is 0 Å². The van der Waals surface area contributed by atoms with E-state index in [1.165, 1.54) is 6.07 Å². The first kappa shape index (κ1) is 22.9. The minimum Gasteiger partial charge on any atom is -0.441 e. The van der Waals surface area contributed by atoms with Crippen molar-refractivity contribution in [2.45, 2.75) is 57.3 Å². The standard InChI is InChI=1S/C25H28N2O6/c1-15(22(28)19-14-18(19)17-11-7-8-12-20(17)27(31)32)23(29)26-21(25(2,3)33-24(26)30)13-16-9-5-4-6-10-16/h4-12,15,18-19,21-22,28H,13-14H2,1-3H3/t15-,18+,19-,21-,22-/m0/s1. The summed E-state index contributed by atoms with van der Waals surface area (Å²) in [5.74, 6) is -1.84.